The third kappa shape index (κ3) is 3.83. The van der Waals surface area contributed by atoms with Crippen molar-refractivity contribution in [1.82, 2.24) is 5.43 Å². The van der Waals surface area contributed by atoms with Gasteiger partial charge in [0.25, 0.3) is 11.6 Å². The molecule has 2 aromatic rings. The van der Waals surface area contributed by atoms with Crippen molar-refractivity contribution in [2.75, 3.05) is 0 Å². The maximum atomic E-state index is 11.8. The number of nitrogens with one attached hydrogen (secondary N) is 1. The number of nitro groups is 1. The molecule has 1 amide bonds. The average molecular weight is 297 g/mol. The van der Waals surface area contributed by atoms with Crippen molar-refractivity contribution in [2.24, 2.45) is 5.10 Å². The summed E-state index contributed by atoms with van der Waals surface area (Å²) >= 11 is 0. The molecule has 0 saturated carbocycles. The highest BCUT2D eigenvalue weighted by Gasteiger charge is 2.10. The van der Waals surface area contributed by atoms with Crippen molar-refractivity contribution in [3.63, 3.8) is 0 Å². The van der Waals surface area contributed by atoms with Gasteiger partial charge in [-0.15, -0.1) is 0 Å². The van der Waals surface area contributed by atoms with Crippen molar-refractivity contribution in [3.05, 3.63) is 75.8 Å². The van der Waals surface area contributed by atoms with Crippen LogP contribution in [0.3, 0.4) is 0 Å². The van der Waals surface area contributed by atoms with E-state index in [2.05, 4.69) is 10.5 Å². The van der Waals surface area contributed by atoms with Crippen molar-refractivity contribution in [2.45, 2.75) is 0 Å². The average Bonchev–Trinajstić information content (AvgIpc) is 2.55. The lowest BCUT2D eigenvalue weighted by atomic mass is 10.1. The first-order valence-corrected chi connectivity index (χ1v) is 6.25. The van der Waals surface area contributed by atoms with Gasteiger partial charge in [-0.3, -0.25) is 19.7 Å². The fraction of sp³-hybridized carbons (Fsp3) is 0. The van der Waals surface area contributed by atoms with E-state index in [1.165, 1.54) is 18.2 Å². The lowest BCUT2D eigenvalue weighted by Crippen LogP contribution is -2.18. The third-order valence-corrected chi connectivity index (χ3v) is 2.73. The van der Waals surface area contributed by atoms with Crippen LogP contribution in [-0.2, 0) is 0 Å². The molecule has 0 atom stereocenters. The summed E-state index contributed by atoms with van der Waals surface area (Å²) in [4.78, 5) is 33.5. The summed E-state index contributed by atoms with van der Waals surface area (Å²) in [6.45, 7) is 0. The lowest BCUT2D eigenvalue weighted by molar-refractivity contribution is -0.384. The van der Waals surface area contributed by atoms with Crippen LogP contribution in [0.15, 0.2) is 59.7 Å². The van der Waals surface area contributed by atoms with Gasteiger partial charge in [0.2, 0.25) is 5.78 Å². The van der Waals surface area contributed by atoms with Gasteiger partial charge in [-0.1, -0.05) is 36.4 Å². The van der Waals surface area contributed by atoms with Crippen molar-refractivity contribution >= 4 is 23.6 Å². The Balaban J connectivity index is 2.01. The smallest absolute Gasteiger partial charge is 0.271 e. The molecular formula is C15H11N3O4. The first-order valence-electron chi connectivity index (χ1n) is 6.25. The minimum absolute atomic E-state index is 0.0820. The Hall–Kier alpha value is -3.35. The second-order valence-electron chi connectivity index (χ2n) is 4.24. The van der Waals surface area contributed by atoms with Gasteiger partial charge >= 0.3 is 0 Å². The van der Waals surface area contributed by atoms with Crippen molar-refractivity contribution < 1.29 is 14.5 Å². The number of nitro benzene ring substituents is 1. The predicted molar refractivity (Wildman–Crippen MR) is 79.8 cm³/mol. The van der Waals surface area contributed by atoms with Crippen LogP contribution >= 0.6 is 0 Å². The second-order valence-corrected chi connectivity index (χ2v) is 4.24. The van der Waals surface area contributed by atoms with Gasteiger partial charge < -0.3 is 0 Å². The topological polar surface area (TPSA) is 102 Å². The molecule has 0 aliphatic heterocycles. The summed E-state index contributed by atoms with van der Waals surface area (Å²) in [6.07, 6.45) is 0.977. The minimum atomic E-state index is -0.638. The molecular weight excluding hydrogens is 286 g/mol. The molecule has 0 aromatic heterocycles. The standard InChI is InChI=1S/C15H11N3O4/c19-14(11-5-2-1-3-6-11)10-16-17-15(20)12-7-4-8-13(9-12)18(21)22/h1-10H,(H,17,20)/b16-10+. The molecule has 0 fully saturated rings. The summed E-state index contributed by atoms with van der Waals surface area (Å²) in [7, 11) is 0. The van der Waals surface area contributed by atoms with E-state index in [0.717, 1.165) is 12.3 Å². The van der Waals surface area contributed by atoms with Crippen LogP contribution in [0, 0.1) is 10.1 Å². The van der Waals surface area contributed by atoms with Crippen molar-refractivity contribution in [3.8, 4) is 0 Å². The minimum Gasteiger partial charge on any atom is -0.287 e. The van der Waals surface area contributed by atoms with Crippen LogP contribution in [0.2, 0.25) is 0 Å². The molecule has 0 heterocycles. The van der Waals surface area contributed by atoms with Crippen LogP contribution in [-0.4, -0.2) is 22.8 Å². The van der Waals surface area contributed by atoms with Gasteiger partial charge in [-0.2, -0.15) is 5.10 Å². The molecule has 0 radical (unpaired) electrons. The van der Waals surface area contributed by atoms with E-state index in [0.29, 0.717) is 5.56 Å². The number of ketones is 1. The van der Waals surface area contributed by atoms with Gasteiger partial charge in [-0.05, 0) is 6.07 Å². The first kappa shape index (κ1) is 15.0. The highest BCUT2D eigenvalue weighted by Crippen LogP contribution is 2.12. The van der Waals surface area contributed by atoms with E-state index >= 15 is 0 Å². The van der Waals surface area contributed by atoms with Crippen LogP contribution in [0.4, 0.5) is 5.69 Å². The molecule has 2 aromatic carbocycles. The Morgan fingerprint density at radius 3 is 2.41 bits per heavy atom. The summed E-state index contributed by atoms with van der Waals surface area (Å²) in [5, 5.41) is 14.2. The number of amides is 1. The van der Waals surface area contributed by atoms with E-state index < -0.39 is 10.8 Å². The zero-order chi connectivity index (χ0) is 15.9. The van der Waals surface area contributed by atoms with Crippen molar-refractivity contribution in [1.29, 1.82) is 0 Å². The summed E-state index contributed by atoms with van der Waals surface area (Å²) in [5.74, 6) is -0.999. The second kappa shape index (κ2) is 6.89. The predicted octanol–water partition coefficient (Wildman–Crippen LogP) is 2.19. The van der Waals surface area contributed by atoms with Gasteiger partial charge in [0.15, 0.2) is 0 Å². The Bertz CT molecular complexity index is 741. The monoisotopic (exact) mass is 297 g/mol. The van der Waals surface area contributed by atoms with Gasteiger partial charge in [0.1, 0.15) is 0 Å². The molecule has 7 heteroatoms. The number of benzene rings is 2. The summed E-state index contributed by atoms with van der Waals surface area (Å²) in [6, 6.07) is 13.7. The number of hydrogen-bond acceptors (Lipinski definition) is 5. The zero-order valence-electron chi connectivity index (χ0n) is 11.3. The molecule has 0 aliphatic rings. The highest BCUT2D eigenvalue weighted by atomic mass is 16.6. The van der Waals surface area contributed by atoms with E-state index in [1.54, 1.807) is 30.3 Å². The fourth-order valence-electron chi connectivity index (χ4n) is 1.65. The molecule has 0 aliphatic carbocycles. The molecule has 22 heavy (non-hydrogen) atoms. The van der Waals surface area contributed by atoms with Gasteiger partial charge in [0.05, 0.1) is 11.1 Å². The van der Waals surface area contributed by atoms with Gasteiger partial charge in [0, 0.05) is 23.3 Å². The van der Waals surface area contributed by atoms with Crippen LogP contribution < -0.4 is 5.43 Å². The summed E-state index contributed by atoms with van der Waals surface area (Å²) < 4.78 is 0. The van der Waals surface area contributed by atoms with E-state index in [-0.39, 0.29) is 17.0 Å². The Morgan fingerprint density at radius 2 is 1.73 bits per heavy atom. The number of nitrogens with zero attached hydrogens (tertiary/aromatic N) is 2. The number of hydrazone groups is 1. The first-order chi connectivity index (χ1) is 10.6. The molecule has 0 saturated heterocycles. The quantitative estimate of drug-likeness (QED) is 0.395. The SMILES string of the molecule is O=C(/C=N/NC(=O)c1cccc([N+](=O)[O-])c1)c1ccccc1. The Kier molecular flexibility index (Phi) is 4.71. The largest absolute Gasteiger partial charge is 0.287 e. The highest BCUT2D eigenvalue weighted by molar-refractivity contribution is 6.35. The van der Waals surface area contributed by atoms with E-state index in [1.807, 2.05) is 0 Å². The maximum Gasteiger partial charge on any atom is 0.271 e. The van der Waals surface area contributed by atoms with E-state index in [9.17, 15) is 19.7 Å². The molecule has 0 unspecified atom stereocenters. The normalized spacial score (nSPS) is 10.4. The van der Waals surface area contributed by atoms with Crippen LogP contribution in [0.1, 0.15) is 20.7 Å². The molecule has 1 N–H and O–H groups in total. The molecule has 110 valence electrons. The molecule has 0 bridgehead atoms. The Morgan fingerprint density at radius 1 is 1.05 bits per heavy atom. The number of carbonyl (C=O) groups is 2. The zero-order valence-corrected chi connectivity index (χ0v) is 11.3. The van der Waals surface area contributed by atoms with Gasteiger partial charge in [-0.25, -0.2) is 5.43 Å². The lowest BCUT2D eigenvalue weighted by Gasteiger charge is -1.99. The molecule has 0 spiro atoms. The number of hydrogen-bond donors (Lipinski definition) is 1. The number of non-ortho nitro benzene ring substituents is 1. The van der Waals surface area contributed by atoms with E-state index in [4.69, 9.17) is 0 Å². The summed E-state index contributed by atoms with van der Waals surface area (Å²) in [5.41, 5.74) is 2.48. The molecule has 2 rings (SSSR count). The Labute approximate surface area is 125 Å². The van der Waals surface area contributed by atoms with Crippen LogP contribution in [0.25, 0.3) is 0 Å². The maximum absolute atomic E-state index is 11.8. The molecule has 7 nitrogen and oxygen atoms in total. The van der Waals surface area contributed by atoms with Crippen LogP contribution in [0.5, 0.6) is 0 Å². The third-order valence-electron chi connectivity index (χ3n) is 2.73. The number of rotatable bonds is 5. The number of carbonyl (C=O) groups excluding carboxylic acids is 2. The fourth-order valence-corrected chi connectivity index (χ4v) is 1.65. The number of Topliss-reactive ketones (excluding diaryl/α,β-unsaturated/α-hetero) is 1.